The largest absolute Gasteiger partial charge is 0.309 e. The van der Waals surface area contributed by atoms with E-state index in [0.717, 1.165) is 23.7 Å². The summed E-state index contributed by atoms with van der Waals surface area (Å²) < 4.78 is 2.49. The maximum absolute atomic E-state index is 2.56. The van der Waals surface area contributed by atoms with Gasteiger partial charge in [0.15, 0.2) is 0 Å². The molecule has 8 aromatic rings. The zero-order valence-electron chi connectivity index (χ0n) is 28.7. The van der Waals surface area contributed by atoms with Crippen molar-refractivity contribution in [3.8, 4) is 39.1 Å². The molecule has 1 nitrogen and oxygen atoms in total. The first-order valence-corrected chi connectivity index (χ1v) is 19.1. The van der Waals surface area contributed by atoms with E-state index >= 15 is 0 Å². The highest BCUT2D eigenvalue weighted by Gasteiger charge is 2.61. The van der Waals surface area contributed by atoms with E-state index in [1.165, 1.54) is 104 Å². The van der Waals surface area contributed by atoms with E-state index in [-0.39, 0.29) is 5.41 Å². The van der Waals surface area contributed by atoms with E-state index in [0.29, 0.717) is 0 Å². The Kier molecular flexibility index (Phi) is 5.73. The number of hydrogen-bond donors (Lipinski definition) is 0. The third-order valence-corrected chi connectivity index (χ3v) is 13.8. The van der Waals surface area contributed by atoms with Crippen molar-refractivity contribution in [2.75, 3.05) is 0 Å². The van der Waals surface area contributed by atoms with Crippen LogP contribution in [0.5, 0.6) is 0 Å². The molecule has 4 bridgehead atoms. The average Bonchev–Trinajstić information content (AvgIpc) is 3.67. The van der Waals surface area contributed by atoms with Crippen molar-refractivity contribution in [1.82, 2.24) is 4.57 Å². The summed E-state index contributed by atoms with van der Waals surface area (Å²) in [6, 6.07) is 57.5. The van der Waals surface area contributed by atoms with Gasteiger partial charge >= 0.3 is 0 Å². The molecule has 0 radical (unpaired) electrons. The van der Waals surface area contributed by atoms with Crippen LogP contribution in [0.1, 0.15) is 43.2 Å². The molecule has 5 aliphatic rings. The Morgan fingerprint density at radius 1 is 0.431 bits per heavy atom. The molecule has 1 spiro atoms. The summed E-state index contributed by atoms with van der Waals surface area (Å²) in [6.45, 7) is 0. The van der Waals surface area contributed by atoms with Crippen LogP contribution in [0.15, 0.2) is 152 Å². The lowest BCUT2D eigenvalue weighted by molar-refractivity contribution is -0.0399. The average molecular weight is 654 g/mol. The van der Waals surface area contributed by atoms with Gasteiger partial charge in [-0.2, -0.15) is 0 Å². The smallest absolute Gasteiger partial charge is 0.0619 e. The molecule has 7 aromatic carbocycles. The monoisotopic (exact) mass is 653 g/mol. The van der Waals surface area contributed by atoms with E-state index in [1.54, 1.807) is 11.1 Å². The molecule has 4 fully saturated rings. The normalized spacial score (nSPS) is 24.2. The predicted molar refractivity (Wildman–Crippen MR) is 212 cm³/mol. The second-order valence-corrected chi connectivity index (χ2v) is 16.1. The van der Waals surface area contributed by atoms with Crippen LogP contribution in [-0.4, -0.2) is 4.57 Å². The highest BCUT2D eigenvalue weighted by Crippen LogP contribution is 2.69. The molecule has 0 unspecified atom stereocenters. The minimum Gasteiger partial charge on any atom is -0.309 e. The lowest BCUT2D eigenvalue weighted by atomic mass is 9.43. The number of aromatic nitrogens is 1. The standard InChI is InChI=1S/C50H39N/c1-2-8-33(9-3-1)34-14-19-40(20-15-34)51-48-23-18-37(30-45(48)43-21-16-35-10-4-5-11-41(35)49(43)51)36-17-22-47-44(29-36)42-12-6-7-13-46(42)50(47)38-25-31-24-32(27-38)28-39(50)26-31/h1-23,29-32,38-39H,24-28H2. The van der Waals surface area contributed by atoms with Crippen LogP contribution in [0.2, 0.25) is 0 Å². The molecular formula is C50H39N. The van der Waals surface area contributed by atoms with Gasteiger partial charge in [-0.1, -0.05) is 121 Å². The number of hydrogen-bond acceptors (Lipinski definition) is 0. The van der Waals surface area contributed by atoms with Crippen molar-refractivity contribution >= 4 is 32.6 Å². The molecule has 0 N–H and O–H groups in total. The lowest BCUT2D eigenvalue weighted by Crippen LogP contribution is -2.55. The molecule has 244 valence electrons. The van der Waals surface area contributed by atoms with Crippen molar-refractivity contribution < 1.29 is 0 Å². The van der Waals surface area contributed by atoms with Gasteiger partial charge in [-0.25, -0.2) is 0 Å². The Bertz CT molecular complexity index is 2660. The van der Waals surface area contributed by atoms with Gasteiger partial charge in [-0.05, 0) is 136 Å². The van der Waals surface area contributed by atoms with Crippen molar-refractivity contribution in [3.63, 3.8) is 0 Å². The molecule has 13 rings (SSSR count). The Labute approximate surface area is 299 Å². The summed E-state index contributed by atoms with van der Waals surface area (Å²) in [5, 5.41) is 5.16. The first kappa shape index (κ1) is 28.3. The topological polar surface area (TPSA) is 4.93 Å². The molecule has 51 heavy (non-hydrogen) atoms. The van der Waals surface area contributed by atoms with E-state index in [2.05, 4.69) is 156 Å². The Hall–Kier alpha value is -5.40. The summed E-state index contributed by atoms with van der Waals surface area (Å²) in [4.78, 5) is 0. The van der Waals surface area contributed by atoms with Gasteiger partial charge in [0.1, 0.15) is 0 Å². The quantitative estimate of drug-likeness (QED) is 0.179. The zero-order chi connectivity index (χ0) is 33.3. The second kappa shape index (κ2) is 10.3. The molecule has 0 atom stereocenters. The number of fused-ring (bicyclic) bond motifs is 8. The van der Waals surface area contributed by atoms with Crippen molar-refractivity contribution in [3.05, 3.63) is 163 Å². The molecule has 5 aliphatic carbocycles. The van der Waals surface area contributed by atoms with E-state index in [9.17, 15) is 0 Å². The van der Waals surface area contributed by atoms with E-state index < -0.39 is 0 Å². The maximum Gasteiger partial charge on any atom is 0.0619 e. The molecule has 1 heterocycles. The van der Waals surface area contributed by atoms with Gasteiger partial charge in [0.25, 0.3) is 0 Å². The number of nitrogens with zero attached hydrogens (tertiary/aromatic N) is 1. The summed E-state index contributed by atoms with van der Waals surface area (Å²) in [5.74, 6) is 3.50. The van der Waals surface area contributed by atoms with Gasteiger partial charge in [0.05, 0.1) is 11.0 Å². The van der Waals surface area contributed by atoms with Crippen LogP contribution in [-0.2, 0) is 5.41 Å². The molecule has 1 heteroatoms. The van der Waals surface area contributed by atoms with Crippen LogP contribution in [0.25, 0.3) is 71.6 Å². The Balaban J connectivity index is 1.04. The first-order chi connectivity index (χ1) is 25.2. The highest BCUT2D eigenvalue weighted by molar-refractivity contribution is 6.19. The van der Waals surface area contributed by atoms with Crippen LogP contribution in [0, 0.1) is 23.7 Å². The van der Waals surface area contributed by atoms with Crippen LogP contribution in [0.3, 0.4) is 0 Å². The third kappa shape index (κ3) is 3.82. The van der Waals surface area contributed by atoms with Crippen LogP contribution < -0.4 is 0 Å². The van der Waals surface area contributed by atoms with Crippen molar-refractivity contribution in [2.24, 2.45) is 23.7 Å². The van der Waals surface area contributed by atoms with Gasteiger partial charge < -0.3 is 4.57 Å². The van der Waals surface area contributed by atoms with Crippen molar-refractivity contribution in [2.45, 2.75) is 37.5 Å². The van der Waals surface area contributed by atoms with Gasteiger partial charge in [0.2, 0.25) is 0 Å². The predicted octanol–water partition coefficient (Wildman–Crippen LogP) is 13.0. The summed E-state index contributed by atoms with van der Waals surface area (Å²) in [7, 11) is 0. The minimum absolute atomic E-state index is 0.215. The molecule has 1 aromatic heterocycles. The molecule has 0 saturated heterocycles. The third-order valence-electron chi connectivity index (χ3n) is 13.8. The minimum atomic E-state index is 0.215. The van der Waals surface area contributed by atoms with Crippen LogP contribution in [0.4, 0.5) is 0 Å². The molecule has 0 aliphatic heterocycles. The van der Waals surface area contributed by atoms with Crippen LogP contribution >= 0.6 is 0 Å². The lowest BCUT2D eigenvalue weighted by Gasteiger charge is -2.61. The molecule has 4 saturated carbocycles. The fourth-order valence-corrected chi connectivity index (χ4v) is 12.0. The zero-order valence-corrected chi connectivity index (χ0v) is 28.7. The fraction of sp³-hybridized carbons (Fsp3) is 0.200. The second-order valence-electron chi connectivity index (χ2n) is 16.1. The fourth-order valence-electron chi connectivity index (χ4n) is 12.0. The summed E-state index contributed by atoms with van der Waals surface area (Å²) in [5.41, 5.74) is 15.3. The van der Waals surface area contributed by atoms with Gasteiger partial charge in [-0.3, -0.25) is 0 Å². The van der Waals surface area contributed by atoms with E-state index in [4.69, 9.17) is 0 Å². The van der Waals surface area contributed by atoms with Gasteiger partial charge in [-0.15, -0.1) is 0 Å². The van der Waals surface area contributed by atoms with Crippen molar-refractivity contribution in [1.29, 1.82) is 0 Å². The van der Waals surface area contributed by atoms with E-state index in [1.807, 2.05) is 0 Å². The first-order valence-electron chi connectivity index (χ1n) is 19.1. The van der Waals surface area contributed by atoms with Gasteiger partial charge in [0, 0.05) is 27.3 Å². The summed E-state index contributed by atoms with van der Waals surface area (Å²) in [6.07, 6.45) is 7.18. The maximum atomic E-state index is 2.56. The Morgan fingerprint density at radius 3 is 1.90 bits per heavy atom. The number of rotatable bonds is 3. The highest BCUT2D eigenvalue weighted by atomic mass is 15.0. The summed E-state index contributed by atoms with van der Waals surface area (Å²) >= 11 is 0. The SMILES string of the molecule is c1ccc(-c2ccc(-n3c4ccc(-c5ccc6c(c5)-c5ccccc5C65C6CC7CC(C6)CC5C7)cc4c4ccc5ccccc5c43)cc2)cc1. The number of benzene rings is 7. The Morgan fingerprint density at radius 2 is 1.08 bits per heavy atom. The molecule has 0 amide bonds. The molecular weight excluding hydrogens is 615 g/mol.